The standard InChI is InChI=1S/C17H15ClN4O4S/c1-2-26-17(23)19-11-7-9-12(10-8-11)27(24,25)22-16-15(18)20-13-5-3-4-6-14(13)21-16/h3-10H,2H2,1H3,(H,19,23)(H,21,22). The first-order chi connectivity index (χ1) is 12.9. The highest BCUT2D eigenvalue weighted by molar-refractivity contribution is 7.92. The van der Waals surface area contributed by atoms with Crippen LogP contribution >= 0.6 is 11.6 Å². The van der Waals surface area contributed by atoms with Crippen molar-refractivity contribution in [3.63, 3.8) is 0 Å². The number of amides is 1. The predicted octanol–water partition coefficient (Wildman–Crippen LogP) is 3.65. The first-order valence-electron chi connectivity index (χ1n) is 7.88. The Morgan fingerprint density at radius 3 is 2.33 bits per heavy atom. The fraction of sp³-hybridized carbons (Fsp3) is 0.118. The molecule has 10 heteroatoms. The topological polar surface area (TPSA) is 110 Å². The molecule has 1 heterocycles. The summed E-state index contributed by atoms with van der Waals surface area (Å²) in [5.41, 5.74) is 1.46. The summed E-state index contributed by atoms with van der Waals surface area (Å²) >= 11 is 6.05. The molecule has 0 radical (unpaired) electrons. The van der Waals surface area contributed by atoms with E-state index in [0.717, 1.165) is 0 Å². The zero-order valence-electron chi connectivity index (χ0n) is 14.1. The minimum absolute atomic E-state index is 0.0251. The highest BCUT2D eigenvalue weighted by atomic mass is 35.5. The summed E-state index contributed by atoms with van der Waals surface area (Å²) in [5, 5.41) is 2.42. The van der Waals surface area contributed by atoms with Gasteiger partial charge in [-0.15, -0.1) is 0 Å². The maximum Gasteiger partial charge on any atom is 0.411 e. The van der Waals surface area contributed by atoms with E-state index >= 15 is 0 Å². The quantitative estimate of drug-likeness (QED) is 0.669. The molecule has 2 N–H and O–H groups in total. The molecular formula is C17H15ClN4O4S. The molecule has 0 atom stereocenters. The van der Waals surface area contributed by atoms with Crippen LogP contribution in [-0.4, -0.2) is 31.1 Å². The van der Waals surface area contributed by atoms with Crippen molar-refractivity contribution < 1.29 is 17.9 Å². The lowest BCUT2D eigenvalue weighted by Crippen LogP contribution is -2.16. The molecular weight excluding hydrogens is 392 g/mol. The van der Waals surface area contributed by atoms with Crippen molar-refractivity contribution in [1.29, 1.82) is 0 Å². The van der Waals surface area contributed by atoms with Crippen LogP contribution in [0.1, 0.15) is 6.92 Å². The molecule has 0 aliphatic rings. The molecule has 0 saturated heterocycles. The summed E-state index contributed by atoms with van der Waals surface area (Å²) in [7, 11) is -3.94. The zero-order chi connectivity index (χ0) is 19.4. The molecule has 3 aromatic rings. The Morgan fingerprint density at radius 1 is 1.07 bits per heavy atom. The van der Waals surface area contributed by atoms with Crippen LogP contribution in [0.2, 0.25) is 5.15 Å². The van der Waals surface area contributed by atoms with Crippen LogP contribution in [0.4, 0.5) is 16.3 Å². The number of hydrogen-bond acceptors (Lipinski definition) is 6. The van der Waals surface area contributed by atoms with Gasteiger partial charge in [-0.25, -0.2) is 23.2 Å². The number of rotatable bonds is 5. The summed E-state index contributed by atoms with van der Waals surface area (Å²) in [6, 6.07) is 12.5. The van der Waals surface area contributed by atoms with Crippen LogP contribution < -0.4 is 10.0 Å². The molecule has 0 aliphatic heterocycles. The SMILES string of the molecule is CCOC(=O)Nc1ccc(S(=O)(=O)Nc2nc3ccccc3nc2Cl)cc1. The summed E-state index contributed by atoms with van der Waals surface area (Å²) in [6.45, 7) is 1.91. The normalized spacial score (nSPS) is 11.2. The van der Waals surface area contributed by atoms with E-state index in [2.05, 4.69) is 20.0 Å². The van der Waals surface area contributed by atoms with Gasteiger partial charge in [0.2, 0.25) is 0 Å². The Hall–Kier alpha value is -2.91. The number of nitrogens with one attached hydrogen (secondary N) is 2. The Kier molecular flexibility index (Phi) is 5.43. The van der Waals surface area contributed by atoms with Gasteiger partial charge in [0.25, 0.3) is 10.0 Å². The number of benzene rings is 2. The van der Waals surface area contributed by atoms with Crippen LogP contribution in [0, 0.1) is 0 Å². The number of ether oxygens (including phenoxy) is 1. The van der Waals surface area contributed by atoms with Gasteiger partial charge < -0.3 is 4.74 Å². The van der Waals surface area contributed by atoms with Crippen LogP contribution in [0.3, 0.4) is 0 Å². The van der Waals surface area contributed by atoms with Crippen molar-refractivity contribution in [2.45, 2.75) is 11.8 Å². The number of aromatic nitrogens is 2. The van der Waals surface area contributed by atoms with E-state index in [1.165, 1.54) is 24.3 Å². The van der Waals surface area contributed by atoms with Gasteiger partial charge in [0.05, 0.1) is 22.5 Å². The molecule has 0 spiro atoms. The summed E-state index contributed by atoms with van der Waals surface area (Å²) in [5.74, 6) is -0.0657. The number of carbonyl (C=O) groups excluding carboxylic acids is 1. The minimum Gasteiger partial charge on any atom is -0.450 e. The van der Waals surface area contributed by atoms with Crippen LogP contribution in [0.25, 0.3) is 11.0 Å². The van der Waals surface area contributed by atoms with E-state index in [-0.39, 0.29) is 22.5 Å². The van der Waals surface area contributed by atoms with E-state index in [1.54, 1.807) is 31.2 Å². The second-order valence-corrected chi connectivity index (χ2v) is 7.37. The lowest BCUT2D eigenvalue weighted by atomic mass is 10.3. The first-order valence-corrected chi connectivity index (χ1v) is 9.74. The Morgan fingerprint density at radius 2 is 1.70 bits per heavy atom. The van der Waals surface area contributed by atoms with Crippen LogP contribution in [0.15, 0.2) is 53.4 Å². The Balaban J connectivity index is 1.82. The molecule has 140 valence electrons. The van der Waals surface area contributed by atoms with Gasteiger partial charge >= 0.3 is 6.09 Å². The number of para-hydroxylation sites is 2. The van der Waals surface area contributed by atoms with E-state index in [1.807, 2.05) is 0 Å². The van der Waals surface area contributed by atoms with Gasteiger partial charge in [-0.1, -0.05) is 23.7 Å². The van der Waals surface area contributed by atoms with E-state index in [4.69, 9.17) is 16.3 Å². The molecule has 1 amide bonds. The third-order valence-electron chi connectivity index (χ3n) is 3.45. The van der Waals surface area contributed by atoms with Crippen molar-refractivity contribution in [3.8, 4) is 0 Å². The molecule has 0 aliphatic carbocycles. The molecule has 1 aromatic heterocycles. The second-order valence-electron chi connectivity index (χ2n) is 5.33. The molecule has 0 fully saturated rings. The lowest BCUT2D eigenvalue weighted by Gasteiger charge is -2.10. The number of carbonyl (C=O) groups is 1. The summed E-state index contributed by atoms with van der Waals surface area (Å²) < 4.78 is 32.2. The third-order valence-corrected chi connectivity index (χ3v) is 5.06. The Labute approximate surface area is 160 Å². The third kappa shape index (κ3) is 4.44. The summed E-state index contributed by atoms with van der Waals surface area (Å²) in [6.07, 6.45) is -0.621. The van der Waals surface area contributed by atoms with Gasteiger partial charge in [0.15, 0.2) is 11.0 Å². The van der Waals surface area contributed by atoms with Gasteiger partial charge in [-0.3, -0.25) is 10.0 Å². The van der Waals surface area contributed by atoms with E-state index in [0.29, 0.717) is 16.7 Å². The van der Waals surface area contributed by atoms with Crippen LogP contribution in [-0.2, 0) is 14.8 Å². The molecule has 8 nitrogen and oxygen atoms in total. The average molecular weight is 407 g/mol. The average Bonchev–Trinajstić information content (AvgIpc) is 2.63. The van der Waals surface area contributed by atoms with Gasteiger partial charge in [-0.05, 0) is 43.3 Å². The second kappa shape index (κ2) is 7.77. The first kappa shape index (κ1) is 18.9. The highest BCUT2D eigenvalue weighted by Gasteiger charge is 2.18. The number of hydrogen-bond donors (Lipinski definition) is 2. The van der Waals surface area contributed by atoms with Crippen molar-refractivity contribution >= 4 is 50.3 Å². The fourth-order valence-electron chi connectivity index (χ4n) is 2.23. The van der Waals surface area contributed by atoms with E-state index in [9.17, 15) is 13.2 Å². The van der Waals surface area contributed by atoms with E-state index < -0.39 is 16.1 Å². The van der Waals surface area contributed by atoms with Gasteiger partial charge in [0.1, 0.15) is 0 Å². The predicted molar refractivity (Wildman–Crippen MR) is 102 cm³/mol. The number of sulfonamides is 1. The summed E-state index contributed by atoms with van der Waals surface area (Å²) in [4.78, 5) is 19.7. The molecule has 0 saturated carbocycles. The van der Waals surface area contributed by atoms with Gasteiger partial charge in [-0.2, -0.15) is 0 Å². The highest BCUT2D eigenvalue weighted by Crippen LogP contribution is 2.24. The van der Waals surface area contributed by atoms with Gasteiger partial charge in [0, 0.05) is 5.69 Å². The fourth-order valence-corrected chi connectivity index (χ4v) is 3.48. The largest absolute Gasteiger partial charge is 0.450 e. The minimum atomic E-state index is -3.94. The number of fused-ring (bicyclic) bond motifs is 1. The molecule has 0 unspecified atom stereocenters. The maximum atomic E-state index is 12.6. The van der Waals surface area contributed by atoms with Crippen molar-refractivity contribution in [2.75, 3.05) is 16.6 Å². The number of halogens is 1. The van der Waals surface area contributed by atoms with Crippen molar-refractivity contribution in [1.82, 2.24) is 9.97 Å². The molecule has 0 bridgehead atoms. The van der Waals surface area contributed by atoms with Crippen LogP contribution in [0.5, 0.6) is 0 Å². The number of nitrogens with zero attached hydrogens (tertiary/aromatic N) is 2. The number of anilines is 2. The molecule has 27 heavy (non-hydrogen) atoms. The lowest BCUT2D eigenvalue weighted by molar-refractivity contribution is 0.168. The molecule has 2 aromatic carbocycles. The van der Waals surface area contributed by atoms with Crippen molar-refractivity contribution in [3.05, 3.63) is 53.7 Å². The Bertz CT molecular complexity index is 1090. The smallest absolute Gasteiger partial charge is 0.411 e. The zero-order valence-corrected chi connectivity index (χ0v) is 15.7. The monoisotopic (exact) mass is 406 g/mol. The molecule has 3 rings (SSSR count). The van der Waals surface area contributed by atoms with Crippen molar-refractivity contribution in [2.24, 2.45) is 0 Å². The maximum absolute atomic E-state index is 12.6.